The van der Waals surface area contributed by atoms with Gasteiger partial charge in [0.05, 0.1) is 11.9 Å². The van der Waals surface area contributed by atoms with E-state index in [4.69, 9.17) is 5.11 Å². The molecule has 98 valence electrons. The lowest BCUT2D eigenvalue weighted by atomic mass is 10.0. The van der Waals surface area contributed by atoms with Crippen LogP contribution in [0.5, 0.6) is 0 Å². The van der Waals surface area contributed by atoms with E-state index in [2.05, 4.69) is 26.7 Å². The molecule has 0 radical (unpaired) electrons. The summed E-state index contributed by atoms with van der Waals surface area (Å²) >= 11 is 0. The lowest BCUT2D eigenvalue weighted by molar-refractivity contribution is 0.209. The Morgan fingerprint density at radius 2 is 2.37 bits per heavy atom. The predicted molar refractivity (Wildman–Crippen MR) is 73.2 cm³/mol. The number of nitrogens with zero attached hydrogens (tertiary/aromatic N) is 1. The molecule has 1 amide bonds. The van der Waals surface area contributed by atoms with Gasteiger partial charge in [-0.2, -0.15) is 0 Å². The normalized spacial score (nSPS) is 15.3. The quantitative estimate of drug-likeness (QED) is 0.663. The van der Waals surface area contributed by atoms with Gasteiger partial charge in [-0.1, -0.05) is 6.08 Å². The number of aromatic nitrogens is 2. The molecular weight excluding hydrogens is 244 g/mol. The van der Waals surface area contributed by atoms with Gasteiger partial charge in [0.15, 0.2) is 0 Å². The zero-order valence-electron chi connectivity index (χ0n) is 10.2. The number of anilines is 1. The molecule has 0 saturated carbocycles. The van der Waals surface area contributed by atoms with E-state index in [9.17, 15) is 4.79 Å². The Labute approximate surface area is 109 Å². The molecule has 3 rings (SSSR count). The third-order valence-electron chi connectivity index (χ3n) is 3.19. The Bertz CT molecular complexity index is 660. The van der Waals surface area contributed by atoms with Crippen LogP contribution in [0.25, 0.3) is 16.6 Å². The minimum atomic E-state index is -1.08. The molecule has 4 N–H and O–H groups in total. The number of carbonyl (C=O) groups is 1. The van der Waals surface area contributed by atoms with E-state index in [0.717, 1.165) is 36.1 Å². The number of aromatic amines is 1. The Balaban J connectivity index is 2.04. The molecule has 0 aromatic carbocycles. The summed E-state index contributed by atoms with van der Waals surface area (Å²) < 4.78 is 0. The van der Waals surface area contributed by atoms with E-state index in [0.29, 0.717) is 5.69 Å². The summed E-state index contributed by atoms with van der Waals surface area (Å²) in [5, 5.41) is 15.3. The monoisotopic (exact) mass is 258 g/mol. The van der Waals surface area contributed by atoms with Gasteiger partial charge in [0.2, 0.25) is 0 Å². The molecular formula is C13H14N4O2. The molecule has 0 unspecified atom stereocenters. The van der Waals surface area contributed by atoms with Crippen molar-refractivity contribution < 1.29 is 9.90 Å². The van der Waals surface area contributed by atoms with E-state index in [1.165, 1.54) is 11.8 Å². The smallest absolute Gasteiger partial charge is 0.409 e. The number of fused-ring (bicyclic) bond motifs is 1. The van der Waals surface area contributed by atoms with E-state index >= 15 is 0 Å². The molecule has 1 aliphatic rings. The largest absolute Gasteiger partial charge is 0.465 e. The summed E-state index contributed by atoms with van der Waals surface area (Å²) in [5.41, 5.74) is 3.61. The molecule has 6 nitrogen and oxygen atoms in total. The van der Waals surface area contributed by atoms with Gasteiger partial charge in [-0.05, 0) is 24.6 Å². The molecule has 0 aliphatic carbocycles. The molecule has 0 saturated heterocycles. The maximum absolute atomic E-state index is 10.7. The average Bonchev–Trinajstić information content (AvgIpc) is 2.82. The molecule has 2 aromatic heterocycles. The van der Waals surface area contributed by atoms with E-state index in [-0.39, 0.29) is 0 Å². The molecule has 6 heteroatoms. The van der Waals surface area contributed by atoms with Gasteiger partial charge in [0.1, 0.15) is 5.65 Å². The van der Waals surface area contributed by atoms with Crippen molar-refractivity contribution in [2.45, 2.75) is 6.42 Å². The van der Waals surface area contributed by atoms with E-state index in [1.54, 1.807) is 0 Å². The molecule has 0 fully saturated rings. The molecule has 1 aliphatic heterocycles. The zero-order chi connectivity index (χ0) is 13.2. The van der Waals surface area contributed by atoms with Crippen molar-refractivity contribution in [3.05, 3.63) is 30.1 Å². The van der Waals surface area contributed by atoms with Crippen LogP contribution in [0, 0.1) is 0 Å². The van der Waals surface area contributed by atoms with Gasteiger partial charge in [-0.3, -0.25) is 5.32 Å². The predicted octanol–water partition coefficient (Wildman–Crippen LogP) is 2.03. The number of amides is 1. The molecule has 3 heterocycles. The lowest BCUT2D eigenvalue weighted by Gasteiger charge is -2.13. The third-order valence-corrected chi connectivity index (χ3v) is 3.19. The summed E-state index contributed by atoms with van der Waals surface area (Å²) in [4.78, 5) is 18.0. The van der Waals surface area contributed by atoms with Crippen molar-refractivity contribution in [3.8, 4) is 0 Å². The third kappa shape index (κ3) is 2.30. The number of hydrogen-bond acceptors (Lipinski definition) is 3. The first kappa shape index (κ1) is 11.7. The minimum Gasteiger partial charge on any atom is -0.465 e. The molecule has 2 aromatic rings. The van der Waals surface area contributed by atoms with Gasteiger partial charge in [-0.15, -0.1) is 0 Å². The summed E-state index contributed by atoms with van der Waals surface area (Å²) in [6.07, 6.45) is 5.47. The lowest BCUT2D eigenvalue weighted by Crippen LogP contribution is -2.19. The Hall–Kier alpha value is -2.34. The Morgan fingerprint density at radius 3 is 3.11 bits per heavy atom. The van der Waals surface area contributed by atoms with Crippen LogP contribution in [-0.2, 0) is 0 Å². The van der Waals surface area contributed by atoms with Crippen LogP contribution in [0.15, 0.2) is 24.5 Å². The SMILES string of the molecule is O=C(O)Nc1cnc2[nH]cc(C3=CCNCC3)c2c1. The van der Waals surface area contributed by atoms with E-state index < -0.39 is 6.09 Å². The van der Waals surface area contributed by atoms with Crippen LogP contribution in [0.2, 0.25) is 0 Å². The van der Waals surface area contributed by atoms with Crippen molar-refractivity contribution in [1.29, 1.82) is 0 Å². The first-order chi connectivity index (χ1) is 9.24. The fourth-order valence-electron chi connectivity index (χ4n) is 2.33. The minimum absolute atomic E-state index is 0.482. The highest BCUT2D eigenvalue weighted by Crippen LogP contribution is 2.28. The second kappa shape index (κ2) is 4.74. The zero-order valence-corrected chi connectivity index (χ0v) is 10.2. The van der Waals surface area contributed by atoms with Crippen LogP contribution in [0.4, 0.5) is 10.5 Å². The van der Waals surface area contributed by atoms with Crippen LogP contribution in [0.1, 0.15) is 12.0 Å². The second-order valence-electron chi connectivity index (χ2n) is 4.44. The first-order valence-corrected chi connectivity index (χ1v) is 6.11. The van der Waals surface area contributed by atoms with Crippen molar-refractivity contribution in [1.82, 2.24) is 15.3 Å². The Morgan fingerprint density at radius 1 is 1.47 bits per heavy atom. The summed E-state index contributed by atoms with van der Waals surface area (Å²) in [6, 6.07) is 1.81. The van der Waals surface area contributed by atoms with Gasteiger partial charge >= 0.3 is 6.09 Å². The van der Waals surface area contributed by atoms with E-state index in [1.807, 2.05) is 12.3 Å². The highest BCUT2D eigenvalue weighted by Gasteiger charge is 2.12. The maximum Gasteiger partial charge on any atom is 0.409 e. The fraction of sp³-hybridized carbons (Fsp3) is 0.231. The number of hydrogen-bond donors (Lipinski definition) is 4. The Kier molecular flexibility index (Phi) is 2.92. The molecule has 0 atom stereocenters. The number of carboxylic acid groups (broad SMARTS) is 1. The van der Waals surface area contributed by atoms with Crippen LogP contribution < -0.4 is 10.6 Å². The summed E-state index contributed by atoms with van der Waals surface area (Å²) in [5.74, 6) is 0. The molecule has 0 bridgehead atoms. The van der Waals surface area contributed by atoms with Gasteiger partial charge in [0, 0.05) is 23.7 Å². The van der Waals surface area contributed by atoms with Crippen LogP contribution in [-0.4, -0.2) is 34.3 Å². The topological polar surface area (TPSA) is 90.0 Å². The van der Waals surface area contributed by atoms with Crippen LogP contribution in [0.3, 0.4) is 0 Å². The average molecular weight is 258 g/mol. The number of rotatable bonds is 2. The number of H-pyrrole nitrogens is 1. The standard InChI is InChI=1S/C13H14N4O2/c18-13(19)17-9-5-10-11(7-16-12(10)15-6-9)8-1-3-14-4-2-8/h1,5-7,14,17H,2-4H2,(H,15,16)(H,18,19). The van der Waals surface area contributed by atoms with Crippen molar-refractivity contribution in [3.63, 3.8) is 0 Å². The highest BCUT2D eigenvalue weighted by molar-refractivity contribution is 5.94. The van der Waals surface area contributed by atoms with Crippen LogP contribution >= 0.6 is 0 Å². The fourth-order valence-corrected chi connectivity index (χ4v) is 2.33. The highest BCUT2D eigenvalue weighted by atomic mass is 16.4. The number of pyridine rings is 1. The number of nitrogens with one attached hydrogen (secondary N) is 3. The summed E-state index contributed by atoms with van der Waals surface area (Å²) in [7, 11) is 0. The van der Waals surface area contributed by atoms with Gasteiger partial charge in [-0.25, -0.2) is 9.78 Å². The van der Waals surface area contributed by atoms with Crippen molar-refractivity contribution in [2.75, 3.05) is 18.4 Å². The van der Waals surface area contributed by atoms with Crippen molar-refractivity contribution in [2.24, 2.45) is 0 Å². The second-order valence-corrected chi connectivity index (χ2v) is 4.44. The first-order valence-electron chi connectivity index (χ1n) is 6.11. The molecule has 19 heavy (non-hydrogen) atoms. The maximum atomic E-state index is 10.7. The summed E-state index contributed by atoms with van der Waals surface area (Å²) in [6.45, 7) is 1.82. The van der Waals surface area contributed by atoms with Gasteiger partial charge < -0.3 is 15.4 Å². The van der Waals surface area contributed by atoms with Crippen molar-refractivity contribution >= 4 is 28.4 Å². The molecule has 0 spiro atoms. The van der Waals surface area contributed by atoms with Gasteiger partial charge in [0.25, 0.3) is 0 Å².